The number of anilines is 1. The summed E-state index contributed by atoms with van der Waals surface area (Å²) in [5.74, 6) is 0.801. The molecule has 0 bridgehead atoms. The summed E-state index contributed by atoms with van der Waals surface area (Å²) in [4.78, 5) is 22.4. The predicted molar refractivity (Wildman–Crippen MR) is 91.4 cm³/mol. The van der Waals surface area contributed by atoms with Crippen molar-refractivity contribution in [3.63, 3.8) is 0 Å². The zero-order valence-corrected chi connectivity index (χ0v) is 13.9. The number of ether oxygens (including phenoxy) is 3. The van der Waals surface area contributed by atoms with Gasteiger partial charge in [-0.15, -0.1) is 0 Å². The van der Waals surface area contributed by atoms with Gasteiger partial charge in [0.1, 0.15) is 5.75 Å². The quantitative estimate of drug-likeness (QED) is 0.582. The number of non-ortho nitro benzene ring substituents is 1. The molecule has 2 rings (SSSR count). The predicted octanol–water partition coefficient (Wildman–Crippen LogP) is 3.02. The van der Waals surface area contributed by atoms with Crippen LogP contribution in [0.2, 0.25) is 0 Å². The minimum atomic E-state index is -0.552. The van der Waals surface area contributed by atoms with Gasteiger partial charge in [0.05, 0.1) is 24.3 Å². The van der Waals surface area contributed by atoms with Crippen LogP contribution in [-0.4, -0.2) is 31.2 Å². The van der Waals surface area contributed by atoms with E-state index in [0.717, 1.165) is 0 Å². The number of para-hydroxylation sites is 2. The van der Waals surface area contributed by atoms with Gasteiger partial charge in [0.15, 0.2) is 18.1 Å². The van der Waals surface area contributed by atoms with Crippen LogP contribution in [-0.2, 0) is 4.79 Å². The number of carbonyl (C=O) groups is 1. The first-order valence-corrected chi connectivity index (χ1v) is 7.52. The van der Waals surface area contributed by atoms with Gasteiger partial charge in [0.2, 0.25) is 0 Å². The topological polar surface area (TPSA) is 99.9 Å². The molecular weight excluding hydrogens is 328 g/mol. The van der Waals surface area contributed by atoms with E-state index in [1.54, 1.807) is 24.3 Å². The molecule has 0 heterocycles. The van der Waals surface area contributed by atoms with Crippen LogP contribution in [0.4, 0.5) is 11.4 Å². The highest BCUT2D eigenvalue weighted by atomic mass is 16.6. The lowest BCUT2D eigenvalue weighted by Gasteiger charge is -2.13. The number of nitro groups is 1. The second-order valence-corrected chi connectivity index (χ2v) is 4.86. The molecule has 0 aliphatic carbocycles. The van der Waals surface area contributed by atoms with Gasteiger partial charge in [-0.3, -0.25) is 14.9 Å². The Balaban J connectivity index is 2.05. The Morgan fingerprint density at radius 2 is 1.80 bits per heavy atom. The van der Waals surface area contributed by atoms with Gasteiger partial charge in [-0.2, -0.15) is 0 Å². The Morgan fingerprint density at radius 3 is 2.40 bits per heavy atom. The van der Waals surface area contributed by atoms with Crippen molar-refractivity contribution in [1.82, 2.24) is 0 Å². The van der Waals surface area contributed by atoms with Crippen LogP contribution in [0.3, 0.4) is 0 Å². The number of nitro benzene ring substituents is 1. The molecule has 132 valence electrons. The van der Waals surface area contributed by atoms with Crippen LogP contribution in [0, 0.1) is 10.1 Å². The van der Waals surface area contributed by atoms with Crippen molar-refractivity contribution in [3.05, 3.63) is 52.6 Å². The molecule has 0 atom stereocenters. The van der Waals surface area contributed by atoms with Gasteiger partial charge in [-0.1, -0.05) is 12.1 Å². The molecule has 2 aromatic rings. The van der Waals surface area contributed by atoms with Crippen LogP contribution in [0.1, 0.15) is 6.92 Å². The molecule has 1 N–H and O–H groups in total. The summed E-state index contributed by atoms with van der Waals surface area (Å²) in [6.07, 6.45) is 0. The van der Waals surface area contributed by atoms with E-state index in [4.69, 9.17) is 14.2 Å². The zero-order valence-electron chi connectivity index (χ0n) is 13.9. The van der Waals surface area contributed by atoms with Crippen LogP contribution >= 0.6 is 0 Å². The van der Waals surface area contributed by atoms with E-state index in [2.05, 4.69) is 5.32 Å². The van der Waals surface area contributed by atoms with Crippen molar-refractivity contribution in [2.75, 3.05) is 25.6 Å². The molecule has 0 aromatic heterocycles. The maximum Gasteiger partial charge on any atom is 0.271 e. The van der Waals surface area contributed by atoms with Crippen molar-refractivity contribution in [1.29, 1.82) is 0 Å². The first-order valence-electron chi connectivity index (χ1n) is 7.52. The van der Waals surface area contributed by atoms with Gasteiger partial charge in [0.25, 0.3) is 11.6 Å². The summed E-state index contributed by atoms with van der Waals surface area (Å²) in [6, 6.07) is 10.9. The molecule has 0 aliphatic rings. The largest absolute Gasteiger partial charge is 0.495 e. The Labute approximate surface area is 144 Å². The monoisotopic (exact) mass is 346 g/mol. The summed E-state index contributed by atoms with van der Waals surface area (Å²) in [5, 5.41) is 13.4. The highest BCUT2D eigenvalue weighted by Gasteiger charge is 2.14. The molecular formula is C17H18N2O6. The normalized spacial score (nSPS) is 10.0. The molecule has 8 heteroatoms. The van der Waals surface area contributed by atoms with E-state index in [1.807, 2.05) is 6.92 Å². The number of benzene rings is 2. The Bertz CT molecular complexity index is 763. The van der Waals surface area contributed by atoms with Crippen LogP contribution < -0.4 is 19.5 Å². The number of nitrogens with zero attached hydrogens (tertiary/aromatic N) is 1. The van der Waals surface area contributed by atoms with Crippen molar-refractivity contribution in [2.24, 2.45) is 0 Å². The number of methoxy groups -OCH3 is 1. The van der Waals surface area contributed by atoms with Crippen LogP contribution in [0.15, 0.2) is 42.5 Å². The maximum absolute atomic E-state index is 12.1. The summed E-state index contributed by atoms with van der Waals surface area (Å²) >= 11 is 0. The first-order chi connectivity index (χ1) is 12.0. The summed E-state index contributed by atoms with van der Waals surface area (Å²) in [5.41, 5.74) is 0.0436. The molecule has 0 saturated heterocycles. The summed E-state index contributed by atoms with van der Waals surface area (Å²) < 4.78 is 16.0. The zero-order chi connectivity index (χ0) is 18.2. The third-order valence-electron chi connectivity index (χ3n) is 3.18. The molecule has 0 unspecified atom stereocenters. The number of amides is 1. The number of hydrogen-bond acceptors (Lipinski definition) is 6. The molecule has 0 spiro atoms. The molecule has 0 saturated carbocycles. The lowest BCUT2D eigenvalue weighted by molar-refractivity contribution is -0.384. The van der Waals surface area contributed by atoms with Gasteiger partial charge in [-0.05, 0) is 25.1 Å². The Hall–Kier alpha value is -3.29. The van der Waals surface area contributed by atoms with Crippen LogP contribution in [0.5, 0.6) is 17.2 Å². The van der Waals surface area contributed by atoms with E-state index in [9.17, 15) is 14.9 Å². The van der Waals surface area contributed by atoms with Crippen molar-refractivity contribution in [2.45, 2.75) is 6.92 Å². The molecule has 8 nitrogen and oxygen atoms in total. The molecule has 25 heavy (non-hydrogen) atoms. The number of nitrogens with one attached hydrogen (secondary N) is 1. The average molecular weight is 346 g/mol. The standard InChI is InChI=1S/C17H18N2O6/c1-3-24-15-6-4-5-7-16(15)25-11-17(20)18-13-10-12(19(21)22)8-9-14(13)23-2/h4-10H,3,11H2,1-2H3,(H,18,20). The third-order valence-corrected chi connectivity index (χ3v) is 3.18. The number of hydrogen-bond donors (Lipinski definition) is 1. The summed E-state index contributed by atoms with van der Waals surface area (Å²) in [6.45, 7) is 2.03. The number of rotatable bonds is 8. The van der Waals surface area contributed by atoms with Crippen LogP contribution in [0.25, 0.3) is 0 Å². The van der Waals surface area contributed by atoms with Crippen molar-refractivity contribution >= 4 is 17.3 Å². The third kappa shape index (κ3) is 4.84. The van der Waals surface area contributed by atoms with Gasteiger partial charge in [0, 0.05) is 12.1 Å². The minimum absolute atomic E-state index is 0.154. The first kappa shape index (κ1) is 18.1. The van der Waals surface area contributed by atoms with Gasteiger partial charge < -0.3 is 19.5 Å². The minimum Gasteiger partial charge on any atom is -0.495 e. The van der Waals surface area contributed by atoms with Gasteiger partial charge in [-0.25, -0.2) is 0 Å². The van der Waals surface area contributed by atoms with E-state index < -0.39 is 10.8 Å². The second kappa shape index (κ2) is 8.53. The average Bonchev–Trinajstić information content (AvgIpc) is 2.61. The van der Waals surface area contributed by atoms with E-state index >= 15 is 0 Å². The smallest absolute Gasteiger partial charge is 0.271 e. The second-order valence-electron chi connectivity index (χ2n) is 4.86. The van der Waals surface area contributed by atoms with E-state index in [-0.39, 0.29) is 18.0 Å². The molecule has 0 radical (unpaired) electrons. The van der Waals surface area contributed by atoms with Crippen molar-refractivity contribution in [3.8, 4) is 17.2 Å². The molecule has 0 aliphatic heterocycles. The van der Waals surface area contributed by atoms with Crippen molar-refractivity contribution < 1.29 is 23.9 Å². The lowest BCUT2D eigenvalue weighted by Crippen LogP contribution is -2.20. The molecule has 1 amide bonds. The summed E-state index contributed by atoms with van der Waals surface area (Å²) in [7, 11) is 1.41. The highest BCUT2D eigenvalue weighted by Crippen LogP contribution is 2.29. The Kier molecular flexibility index (Phi) is 6.16. The fraction of sp³-hybridized carbons (Fsp3) is 0.235. The van der Waals surface area contributed by atoms with E-state index in [1.165, 1.54) is 25.3 Å². The molecule has 2 aromatic carbocycles. The Morgan fingerprint density at radius 1 is 1.12 bits per heavy atom. The van der Waals surface area contributed by atoms with E-state index in [0.29, 0.717) is 23.9 Å². The fourth-order valence-electron chi connectivity index (χ4n) is 2.08. The van der Waals surface area contributed by atoms with Gasteiger partial charge >= 0.3 is 0 Å². The molecule has 0 fully saturated rings. The fourth-order valence-corrected chi connectivity index (χ4v) is 2.08. The number of carbonyl (C=O) groups excluding carboxylic acids is 1. The highest BCUT2D eigenvalue weighted by molar-refractivity contribution is 5.93. The SMILES string of the molecule is CCOc1ccccc1OCC(=O)Nc1cc([N+](=O)[O-])ccc1OC. The lowest BCUT2D eigenvalue weighted by atomic mass is 10.2. The maximum atomic E-state index is 12.1.